The molecular weight excluding hydrogens is 321 g/mol. The summed E-state index contributed by atoms with van der Waals surface area (Å²) in [5.41, 5.74) is 7.64. The van der Waals surface area contributed by atoms with Gasteiger partial charge in [-0.2, -0.15) is 18.3 Å². The van der Waals surface area contributed by atoms with E-state index in [1.54, 1.807) is 0 Å². The van der Waals surface area contributed by atoms with Gasteiger partial charge in [0.25, 0.3) is 0 Å². The number of nitrogens with zero attached hydrogens (tertiary/aromatic N) is 1. The molecule has 3 N–H and O–H groups in total. The first kappa shape index (κ1) is 18.4. The van der Waals surface area contributed by atoms with Gasteiger partial charge in [0, 0.05) is 24.1 Å². The third-order valence-electron chi connectivity index (χ3n) is 4.19. The van der Waals surface area contributed by atoms with Crippen LogP contribution in [0.1, 0.15) is 37.8 Å². The summed E-state index contributed by atoms with van der Waals surface area (Å²) in [7, 11) is 0. The number of hydrazine groups is 1. The number of nitrogens with one attached hydrogen (secondary N) is 3. The highest BCUT2D eigenvalue weighted by Gasteiger charge is 2.32. The predicted octanol–water partition coefficient (Wildman–Crippen LogP) is 2.44. The van der Waals surface area contributed by atoms with Crippen LogP contribution < -0.4 is 16.3 Å². The summed E-state index contributed by atoms with van der Waals surface area (Å²) in [5, 5.41) is 3.64. The van der Waals surface area contributed by atoms with Crippen LogP contribution in [-0.2, 0) is 11.0 Å². The number of halogens is 3. The Hall–Kier alpha value is -1.93. The molecule has 0 bridgehead atoms. The molecule has 0 aliphatic carbocycles. The van der Waals surface area contributed by atoms with E-state index in [9.17, 15) is 18.0 Å². The number of benzene rings is 1. The highest BCUT2D eigenvalue weighted by atomic mass is 19.4. The third kappa shape index (κ3) is 4.78. The Labute approximate surface area is 138 Å². The minimum Gasteiger partial charge on any atom is -0.273 e. The first-order valence-electron chi connectivity index (χ1n) is 7.78. The molecule has 132 valence electrons. The second-order valence-electron chi connectivity index (χ2n) is 5.95. The van der Waals surface area contributed by atoms with Crippen LogP contribution in [0, 0.1) is 5.92 Å². The number of hydrogen-bond acceptors (Lipinski definition) is 4. The summed E-state index contributed by atoms with van der Waals surface area (Å²) >= 11 is 0. The van der Waals surface area contributed by atoms with Crippen molar-refractivity contribution in [1.82, 2.24) is 16.3 Å². The fourth-order valence-corrected chi connectivity index (χ4v) is 2.81. The molecule has 0 saturated carbocycles. The van der Waals surface area contributed by atoms with E-state index in [0.717, 1.165) is 12.3 Å². The second-order valence-corrected chi connectivity index (χ2v) is 5.95. The normalized spacial score (nSPS) is 24.5. The Morgan fingerprint density at radius 1 is 1.25 bits per heavy atom. The Kier molecular flexibility index (Phi) is 5.95. The molecule has 8 heteroatoms. The molecule has 1 aromatic carbocycles. The van der Waals surface area contributed by atoms with Crippen molar-refractivity contribution in [3.05, 3.63) is 35.4 Å². The minimum atomic E-state index is -4.46. The molecule has 0 radical (unpaired) electrons. The number of alkyl halides is 3. The van der Waals surface area contributed by atoms with E-state index in [1.807, 2.05) is 13.8 Å². The molecule has 1 aromatic rings. The molecule has 2 atom stereocenters. The van der Waals surface area contributed by atoms with Gasteiger partial charge in [0.05, 0.1) is 11.8 Å². The van der Waals surface area contributed by atoms with Crippen LogP contribution in [-0.4, -0.2) is 24.2 Å². The van der Waals surface area contributed by atoms with Crippen LogP contribution >= 0.6 is 0 Å². The van der Waals surface area contributed by atoms with Gasteiger partial charge in [0.15, 0.2) is 0 Å². The topological polar surface area (TPSA) is 65.5 Å². The van der Waals surface area contributed by atoms with E-state index >= 15 is 0 Å². The lowest BCUT2D eigenvalue weighted by atomic mass is 9.91. The van der Waals surface area contributed by atoms with Gasteiger partial charge in [-0.05, 0) is 32.3 Å². The molecule has 2 unspecified atom stereocenters. The summed E-state index contributed by atoms with van der Waals surface area (Å²) in [6.45, 7) is 4.07. The maximum Gasteiger partial charge on any atom is 0.417 e. The second kappa shape index (κ2) is 7.76. The van der Waals surface area contributed by atoms with E-state index in [1.165, 1.54) is 18.2 Å². The molecule has 1 aliphatic heterocycles. The molecule has 1 heterocycles. The van der Waals surface area contributed by atoms with Crippen LogP contribution in [0.5, 0.6) is 0 Å². The van der Waals surface area contributed by atoms with Crippen LogP contribution in [0.4, 0.5) is 13.2 Å². The smallest absolute Gasteiger partial charge is 0.273 e. The highest BCUT2D eigenvalue weighted by Crippen LogP contribution is 2.31. The van der Waals surface area contributed by atoms with E-state index in [-0.39, 0.29) is 30.0 Å². The van der Waals surface area contributed by atoms with Crippen molar-refractivity contribution in [2.45, 2.75) is 44.9 Å². The number of hydrogen-bond donors (Lipinski definition) is 3. The van der Waals surface area contributed by atoms with Crippen molar-refractivity contribution in [2.24, 2.45) is 11.0 Å². The van der Waals surface area contributed by atoms with Gasteiger partial charge in [-0.1, -0.05) is 18.2 Å². The Morgan fingerprint density at radius 3 is 2.50 bits per heavy atom. The van der Waals surface area contributed by atoms with E-state index in [2.05, 4.69) is 21.4 Å². The van der Waals surface area contributed by atoms with Crippen molar-refractivity contribution in [2.75, 3.05) is 0 Å². The van der Waals surface area contributed by atoms with Gasteiger partial charge in [-0.3, -0.25) is 15.6 Å². The average molecular weight is 342 g/mol. The number of carbonyl (C=O) groups excluding carboxylic acids is 1. The number of amides is 1. The van der Waals surface area contributed by atoms with Gasteiger partial charge >= 0.3 is 6.18 Å². The van der Waals surface area contributed by atoms with Crippen molar-refractivity contribution in [3.8, 4) is 0 Å². The van der Waals surface area contributed by atoms with Gasteiger partial charge in [-0.25, -0.2) is 5.43 Å². The largest absolute Gasteiger partial charge is 0.417 e. The lowest BCUT2D eigenvalue weighted by Gasteiger charge is -2.16. The summed E-state index contributed by atoms with van der Waals surface area (Å²) in [6.07, 6.45) is -2.50. The van der Waals surface area contributed by atoms with E-state index in [0.29, 0.717) is 12.3 Å². The predicted molar refractivity (Wildman–Crippen MR) is 85.1 cm³/mol. The summed E-state index contributed by atoms with van der Waals surface area (Å²) < 4.78 is 38.5. The van der Waals surface area contributed by atoms with Gasteiger partial charge < -0.3 is 0 Å². The lowest BCUT2D eigenvalue weighted by molar-refractivity contribution is -0.137. The number of hydrazone groups is 1. The monoisotopic (exact) mass is 342 g/mol. The molecule has 5 nitrogen and oxygen atoms in total. The van der Waals surface area contributed by atoms with Gasteiger partial charge in [0.1, 0.15) is 0 Å². The fourth-order valence-electron chi connectivity index (χ4n) is 2.81. The molecule has 1 aliphatic rings. The highest BCUT2D eigenvalue weighted by molar-refractivity contribution is 5.84. The summed E-state index contributed by atoms with van der Waals surface area (Å²) in [4.78, 5) is 11.8. The summed E-state index contributed by atoms with van der Waals surface area (Å²) in [5.74, 6) is -0.00674. The Morgan fingerprint density at radius 2 is 1.88 bits per heavy atom. The summed E-state index contributed by atoms with van der Waals surface area (Å²) in [6, 6.07) is 5.60. The Balaban J connectivity index is 1.87. The van der Waals surface area contributed by atoms with Crippen LogP contribution in [0.25, 0.3) is 0 Å². The van der Waals surface area contributed by atoms with E-state index in [4.69, 9.17) is 0 Å². The van der Waals surface area contributed by atoms with Gasteiger partial charge in [0.2, 0.25) is 5.91 Å². The molecule has 1 saturated heterocycles. The molecular formula is C16H21F3N4O. The quantitative estimate of drug-likeness (QED) is 0.569. The first-order valence-corrected chi connectivity index (χ1v) is 7.78. The minimum absolute atomic E-state index is 0.0864. The van der Waals surface area contributed by atoms with Crippen molar-refractivity contribution < 1.29 is 18.0 Å². The zero-order chi connectivity index (χ0) is 17.7. The Bertz CT molecular complexity index is 593. The van der Waals surface area contributed by atoms with E-state index < -0.39 is 11.7 Å². The molecule has 1 amide bonds. The molecule has 2 rings (SSSR count). The van der Waals surface area contributed by atoms with Crippen LogP contribution in [0.15, 0.2) is 29.4 Å². The average Bonchev–Trinajstić information content (AvgIpc) is 2.83. The number of carbonyl (C=O) groups is 1. The van der Waals surface area contributed by atoms with Crippen LogP contribution in [0.2, 0.25) is 0 Å². The van der Waals surface area contributed by atoms with Crippen molar-refractivity contribution >= 4 is 12.1 Å². The maximum absolute atomic E-state index is 12.8. The van der Waals surface area contributed by atoms with Crippen LogP contribution in [0.3, 0.4) is 0 Å². The fraction of sp³-hybridized carbons (Fsp3) is 0.500. The molecule has 0 spiro atoms. The van der Waals surface area contributed by atoms with Crippen molar-refractivity contribution in [1.29, 1.82) is 0 Å². The zero-order valence-corrected chi connectivity index (χ0v) is 13.5. The zero-order valence-electron chi connectivity index (χ0n) is 13.5. The lowest BCUT2D eigenvalue weighted by Crippen LogP contribution is -2.30. The standard InChI is InChI=1S/C16H21F3N4O/c1-10-13(11(2)22-21-10)7-8-15(24)23-20-9-12-5-3-4-6-14(12)16(17,18)19/h3-6,9-11,13,21-22H,7-8H2,1-2H3,(H,23,24)/b20-9-. The van der Waals surface area contributed by atoms with Gasteiger partial charge in [-0.15, -0.1) is 0 Å². The maximum atomic E-state index is 12.8. The number of rotatable bonds is 5. The molecule has 24 heavy (non-hydrogen) atoms. The molecule has 0 aromatic heterocycles. The van der Waals surface area contributed by atoms with Crippen molar-refractivity contribution in [3.63, 3.8) is 0 Å². The third-order valence-corrected chi connectivity index (χ3v) is 4.19. The molecule has 1 fully saturated rings. The SMILES string of the molecule is CC1NNC(C)C1CCC(=O)N/N=C\c1ccccc1C(F)(F)F. The first-order chi connectivity index (χ1) is 11.3.